The molecule has 0 fully saturated rings. The maximum absolute atomic E-state index is 13.3. The number of anilines is 1. The molecular weight excluding hydrogens is 368 g/mol. The minimum absolute atomic E-state index is 0.124. The lowest BCUT2D eigenvalue weighted by molar-refractivity contribution is -0.127. The van der Waals surface area contributed by atoms with Crippen LogP contribution in [0.2, 0.25) is 0 Å². The molecule has 0 saturated heterocycles. The van der Waals surface area contributed by atoms with E-state index in [1.54, 1.807) is 48.3 Å². The summed E-state index contributed by atoms with van der Waals surface area (Å²) in [5.74, 6) is 1.24. The molecule has 0 aliphatic carbocycles. The van der Waals surface area contributed by atoms with E-state index in [2.05, 4.69) is 5.32 Å². The van der Waals surface area contributed by atoms with E-state index >= 15 is 0 Å². The molecule has 6 nitrogen and oxygen atoms in total. The Bertz CT molecular complexity index is 1040. The molecule has 0 spiro atoms. The van der Waals surface area contributed by atoms with Crippen molar-refractivity contribution in [1.29, 1.82) is 0 Å². The minimum atomic E-state index is -0.775. The van der Waals surface area contributed by atoms with Gasteiger partial charge >= 0.3 is 0 Å². The summed E-state index contributed by atoms with van der Waals surface area (Å²) in [6, 6.07) is 23.6. The molecule has 1 unspecified atom stereocenters. The number of benzene rings is 3. The summed E-state index contributed by atoms with van der Waals surface area (Å²) in [4.78, 5) is 27.0. The predicted octanol–water partition coefficient (Wildman–Crippen LogP) is 3.63. The Kier molecular flexibility index (Phi) is 5.16. The Balaban J connectivity index is 1.63. The Morgan fingerprint density at radius 2 is 1.69 bits per heavy atom. The predicted molar refractivity (Wildman–Crippen MR) is 110 cm³/mol. The molecule has 146 valence electrons. The number of amides is 2. The molecular formula is C23H20N2O4. The number of hydrogen-bond donors (Lipinski definition) is 1. The lowest BCUT2D eigenvalue weighted by Gasteiger charge is -2.34. The summed E-state index contributed by atoms with van der Waals surface area (Å²) in [6.07, 6.45) is -0.775. The molecule has 0 bridgehead atoms. The standard InChI is InChI=1S/C23H20N2O4/c1-24-22(26)21-15-25(19-12-5-6-13-20(19)29-21)23(27)16-8-7-11-18(14-16)28-17-9-3-2-4-10-17/h2-14,21H,15H2,1H3,(H,24,26). The molecule has 3 aromatic rings. The van der Waals surface area contributed by atoms with Crippen molar-refractivity contribution in [2.45, 2.75) is 6.10 Å². The van der Waals surface area contributed by atoms with Gasteiger partial charge < -0.3 is 19.7 Å². The maximum atomic E-state index is 13.3. The van der Waals surface area contributed by atoms with Crippen LogP contribution in [0.4, 0.5) is 5.69 Å². The molecule has 3 aromatic carbocycles. The van der Waals surface area contributed by atoms with Gasteiger partial charge in [0, 0.05) is 12.6 Å². The first kappa shape index (κ1) is 18.6. The van der Waals surface area contributed by atoms with E-state index in [0.29, 0.717) is 28.5 Å². The molecule has 1 aliphatic rings. The van der Waals surface area contributed by atoms with Gasteiger partial charge in [-0.15, -0.1) is 0 Å². The van der Waals surface area contributed by atoms with E-state index in [1.165, 1.54) is 0 Å². The lowest BCUT2D eigenvalue weighted by atomic mass is 10.1. The van der Waals surface area contributed by atoms with E-state index in [9.17, 15) is 9.59 Å². The fourth-order valence-corrected chi connectivity index (χ4v) is 3.20. The topological polar surface area (TPSA) is 67.9 Å². The van der Waals surface area contributed by atoms with Crippen molar-refractivity contribution in [3.63, 3.8) is 0 Å². The van der Waals surface area contributed by atoms with Gasteiger partial charge in [0.15, 0.2) is 6.10 Å². The number of carbonyl (C=O) groups excluding carboxylic acids is 2. The van der Waals surface area contributed by atoms with Crippen molar-refractivity contribution in [3.05, 3.63) is 84.4 Å². The average molecular weight is 388 g/mol. The smallest absolute Gasteiger partial charge is 0.262 e. The van der Waals surface area contributed by atoms with Gasteiger partial charge in [-0.3, -0.25) is 9.59 Å². The first-order valence-electron chi connectivity index (χ1n) is 9.28. The highest BCUT2D eigenvalue weighted by atomic mass is 16.5. The molecule has 29 heavy (non-hydrogen) atoms. The zero-order valence-corrected chi connectivity index (χ0v) is 15.9. The molecule has 0 saturated carbocycles. The molecule has 1 aliphatic heterocycles. The van der Waals surface area contributed by atoms with Crippen LogP contribution in [-0.2, 0) is 4.79 Å². The zero-order chi connectivity index (χ0) is 20.2. The summed E-state index contributed by atoms with van der Waals surface area (Å²) < 4.78 is 11.6. The number of likely N-dealkylation sites (N-methyl/N-ethyl adjacent to an activating group) is 1. The van der Waals surface area contributed by atoms with E-state index in [1.807, 2.05) is 42.5 Å². The lowest BCUT2D eigenvalue weighted by Crippen LogP contribution is -2.50. The summed E-state index contributed by atoms with van der Waals surface area (Å²) >= 11 is 0. The quantitative estimate of drug-likeness (QED) is 0.741. The number of carbonyl (C=O) groups is 2. The highest BCUT2D eigenvalue weighted by molar-refractivity contribution is 6.08. The number of ether oxygens (including phenoxy) is 2. The molecule has 4 rings (SSSR count). The molecule has 1 atom stereocenters. The number of nitrogens with zero attached hydrogens (tertiary/aromatic N) is 1. The van der Waals surface area contributed by atoms with Crippen LogP contribution in [0.5, 0.6) is 17.2 Å². The van der Waals surface area contributed by atoms with Gasteiger partial charge in [-0.25, -0.2) is 0 Å². The zero-order valence-electron chi connectivity index (χ0n) is 15.9. The number of fused-ring (bicyclic) bond motifs is 1. The largest absolute Gasteiger partial charge is 0.477 e. The third-order valence-electron chi connectivity index (χ3n) is 4.62. The second-order valence-corrected chi connectivity index (χ2v) is 6.55. The molecule has 1 heterocycles. The highest BCUT2D eigenvalue weighted by Crippen LogP contribution is 2.34. The number of hydrogen-bond acceptors (Lipinski definition) is 4. The summed E-state index contributed by atoms with van der Waals surface area (Å²) in [5, 5.41) is 2.58. The van der Waals surface area contributed by atoms with E-state index < -0.39 is 6.10 Å². The van der Waals surface area contributed by atoms with E-state index in [0.717, 1.165) is 0 Å². The third kappa shape index (κ3) is 3.91. The first-order chi connectivity index (χ1) is 14.2. The van der Waals surface area contributed by atoms with Crippen LogP contribution in [0.25, 0.3) is 0 Å². The van der Waals surface area contributed by atoms with E-state index in [4.69, 9.17) is 9.47 Å². The second-order valence-electron chi connectivity index (χ2n) is 6.55. The van der Waals surface area contributed by atoms with Crippen molar-refractivity contribution in [1.82, 2.24) is 5.32 Å². The molecule has 1 N–H and O–H groups in total. The first-order valence-corrected chi connectivity index (χ1v) is 9.28. The van der Waals surface area contributed by atoms with Crippen molar-refractivity contribution in [3.8, 4) is 17.2 Å². The average Bonchev–Trinajstić information content (AvgIpc) is 2.78. The number of para-hydroxylation sites is 3. The summed E-state index contributed by atoms with van der Waals surface area (Å²) in [5.41, 5.74) is 1.10. The Morgan fingerprint density at radius 3 is 2.48 bits per heavy atom. The van der Waals surface area contributed by atoms with E-state index in [-0.39, 0.29) is 18.4 Å². The van der Waals surface area contributed by atoms with Crippen LogP contribution in [0, 0.1) is 0 Å². The molecule has 0 radical (unpaired) electrons. The van der Waals surface area contributed by atoms with Crippen LogP contribution in [-0.4, -0.2) is 31.5 Å². The van der Waals surface area contributed by atoms with Crippen molar-refractivity contribution in [2.24, 2.45) is 0 Å². The monoisotopic (exact) mass is 388 g/mol. The van der Waals surface area contributed by atoms with Crippen LogP contribution in [0.15, 0.2) is 78.9 Å². The van der Waals surface area contributed by atoms with Gasteiger partial charge in [-0.05, 0) is 42.5 Å². The fraction of sp³-hybridized carbons (Fsp3) is 0.130. The van der Waals surface area contributed by atoms with Crippen molar-refractivity contribution < 1.29 is 19.1 Å². The Hall–Kier alpha value is -3.80. The van der Waals surface area contributed by atoms with Gasteiger partial charge in [-0.2, -0.15) is 0 Å². The minimum Gasteiger partial charge on any atom is -0.477 e. The molecule has 2 amide bonds. The second kappa shape index (κ2) is 8.06. The third-order valence-corrected chi connectivity index (χ3v) is 4.62. The fourth-order valence-electron chi connectivity index (χ4n) is 3.20. The van der Waals surface area contributed by atoms with Crippen LogP contribution >= 0.6 is 0 Å². The van der Waals surface area contributed by atoms with Crippen molar-refractivity contribution >= 4 is 17.5 Å². The molecule has 0 aromatic heterocycles. The van der Waals surface area contributed by atoms with Gasteiger partial charge in [0.2, 0.25) is 0 Å². The van der Waals surface area contributed by atoms with Crippen LogP contribution < -0.4 is 19.7 Å². The maximum Gasteiger partial charge on any atom is 0.262 e. The highest BCUT2D eigenvalue weighted by Gasteiger charge is 2.33. The van der Waals surface area contributed by atoms with Crippen LogP contribution in [0.3, 0.4) is 0 Å². The van der Waals surface area contributed by atoms with Crippen molar-refractivity contribution in [2.75, 3.05) is 18.5 Å². The summed E-state index contributed by atoms with van der Waals surface area (Å²) in [6.45, 7) is 0.124. The Morgan fingerprint density at radius 1 is 0.966 bits per heavy atom. The van der Waals surface area contributed by atoms with Gasteiger partial charge in [0.05, 0.1) is 12.2 Å². The number of nitrogens with one attached hydrogen (secondary N) is 1. The van der Waals surface area contributed by atoms with Gasteiger partial charge in [-0.1, -0.05) is 36.4 Å². The molecule has 6 heteroatoms. The normalized spacial score (nSPS) is 15.1. The Labute approximate surface area is 168 Å². The SMILES string of the molecule is CNC(=O)C1CN(C(=O)c2cccc(Oc3ccccc3)c2)c2ccccc2O1. The van der Waals surface area contributed by atoms with Gasteiger partial charge in [0.1, 0.15) is 17.2 Å². The number of rotatable bonds is 4. The summed E-state index contributed by atoms with van der Waals surface area (Å²) in [7, 11) is 1.54. The van der Waals surface area contributed by atoms with Crippen LogP contribution in [0.1, 0.15) is 10.4 Å². The van der Waals surface area contributed by atoms with Gasteiger partial charge in [0.25, 0.3) is 11.8 Å².